The summed E-state index contributed by atoms with van der Waals surface area (Å²) < 4.78 is 1.77. The molecule has 0 bridgehead atoms. The normalized spacial score (nSPS) is 10.6. The standard InChI is InChI=1S/C19H15Cl2N5O3S/c1-2-9-25-18(13-8-7-12(20)10-14(13)21)23-24-19(25)30-11-17(27)22-15-5-3-4-6-16(15)26(28)29/h2-8,10H,1,9,11H2,(H,22,27). The zero-order valence-corrected chi connectivity index (χ0v) is 17.7. The Morgan fingerprint density at radius 2 is 2.03 bits per heavy atom. The summed E-state index contributed by atoms with van der Waals surface area (Å²) in [6.45, 7) is 4.14. The first kappa shape index (κ1) is 21.8. The summed E-state index contributed by atoms with van der Waals surface area (Å²) in [7, 11) is 0. The van der Waals surface area contributed by atoms with E-state index in [2.05, 4.69) is 22.1 Å². The highest BCUT2D eigenvalue weighted by molar-refractivity contribution is 7.99. The van der Waals surface area contributed by atoms with Gasteiger partial charge >= 0.3 is 0 Å². The summed E-state index contributed by atoms with van der Waals surface area (Å²) >= 11 is 13.4. The van der Waals surface area contributed by atoms with E-state index in [0.29, 0.717) is 33.1 Å². The third kappa shape index (κ3) is 4.99. The third-order valence-electron chi connectivity index (χ3n) is 3.91. The number of carbonyl (C=O) groups excluding carboxylic acids is 1. The molecule has 2 aromatic carbocycles. The van der Waals surface area contributed by atoms with E-state index < -0.39 is 10.8 Å². The van der Waals surface area contributed by atoms with Gasteiger partial charge in [-0.1, -0.05) is 53.2 Å². The molecule has 0 spiro atoms. The zero-order chi connectivity index (χ0) is 21.7. The number of anilines is 1. The molecule has 0 aliphatic carbocycles. The van der Waals surface area contributed by atoms with E-state index in [1.807, 2.05) is 0 Å². The molecule has 0 radical (unpaired) electrons. The van der Waals surface area contributed by atoms with Gasteiger partial charge in [-0.3, -0.25) is 19.5 Å². The lowest BCUT2D eigenvalue weighted by molar-refractivity contribution is -0.383. The maximum Gasteiger partial charge on any atom is 0.292 e. The number of thioether (sulfide) groups is 1. The fraction of sp³-hybridized carbons (Fsp3) is 0.105. The van der Waals surface area contributed by atoms with E-state index in [1.54, 1.807) is 34.9 Å². The SMILES string of the molecule is C=CCn1c(SCC(=O)Nc2ccccc2[N+](=O)[O-])nnc1-c1ccc(Cl)cc1Cl. The molecule has 1 N–H and O–H groups in total. The van der Waals surface area contributed by atoms with Crippen molar-refractivity contribution >= 4 is 52.2 Å². The molecule has 0 aliphatic rings. The number of allylic oxidation sites excluding steroid dienone is 1. The van der Waals surface area contributed by atoms with Crippen molar-refractivity contribution in [1.29, 1.82) is 0 Å². The maximum absolute atomic E-state index is 12.3. The Morgan fingerprint density at radius 1 is 1.27 bits per heavy atom. The summed E-state index contributed by atoms with van der Waals surface area (Å²) in [6.07, 6.45) is 1.67. The number of nitro groups is 1. The van der Waals surface area contributed by atoms with E-state index in [-0.39, 0.29) is 17.1 Å². The lowest BCUT2D eigenvalue weighted by atomic mass is 10.2. The summed E-state index contributed by atoms with van der Waals surface area (Å²) in [6, 6.07) is 11.0. The summed E-state index contributed by atoms with van der Waals surface area (Å²) in [5.41, 5.74) is 0.603. The summed E-state index contributed by atoms with van der Waals surface area (Å²) in [5, 5.41) is 23.4. The van der Waals surface area contributed by atoms with Crippen LogP contribution in [0.5, 0.6) is 0 Å². The second-order valence-electron chi connectivity index (χ2n) is 5.94. The minimum absolute atomic E-state index is 0.0182. The smallest absolute Gasteiger partial charge is 0.292 e. The van der Waals surface area contributed by atoms with Crippen LogP contribution in [0.4, 0.5) is 11.4 Å². The van der Waals surface area contributed by atoms with Gasteiger partial charge in [0.25, 0.3) is 5.69 Å². The molecular formula is C19H15Cl2N5O3S. The van der Waals surface area contributed by atoms with Crippen LogP contribution in [0.3, 0.4) is 0 Å². The van der Waals surface area contributed by atoms with Crippen molar-refractivity contribution in [3.63, 3.8) is 0 Å². The monoisotopic (exact) mass is 463 g/mol. The molecule has 1 amide bonds. The summed E-state index contributed by atoms with van der Waals surface area (Å²) in [4.78, 5) is 22.9. The molecule has 0 unspecified atom stereocenters. The number of para-hydroxylation sites is 2. The van der Waals surface area contributed by atoms with Crippen LogP contribution < -0.4 is 5.32 Å². The molecule has 154 valence electrons. The van der Waals surface area contributed by atoms with Crippen LogP contribution in [0.15, 0.2) is 60.3 Å². The largest absolute Gasteiger partial charge is 0.320 e. The number of carbonyl (C=O) groups is 1. The van der Waals surface area contributed by atoms with Crippen LogP contribution in [0.25, 0.3) is 11.4 Å². The molecule has 0 saturated carbocycles. The fourth-order valence-electron chi connectivity index (χ4n) is 2.61. The highest BCUT2D eigenvalue weighted by atomic mass is 35.5. The second-order valence-corrected chi connectivity index (χ2v) is 7.73. The Hall–Kier alpha value is -2.88. The van der Waals surface area contributed by atoms with Crippen molar-refractivity contribution in [2.45, 2.75) is 11.7 Å². The Morgan fingerprint density at radius 3 is 2.73 bits per heavy atom. The first-order chi connectivity index (χ1) is 14.4. The maximum atomic E-state index is 12.3. The molecule has 1 heterocycles. The van der Waals surface area contributed by atoms with Gasteiger partial charge < -0.3 is 5.32 Å². The average Bonchev–Trinajstić information content (AvgIpc) is 3.09. The molecule has 0 fully saturated rings. The van der Waals surface area contributed by atoms with Crippen molar-refractivity contribution in [1.82, 2.24) is 14.8 Å². The molecule has 0 aliphatic heterocycles. The molecule has 3 aromatic rings. The van der Waals surface area contributed by atoms with Crippen molar-refractivity contribution in [2.24, 2.45) is 0 Å². The topological polar surface area (TPSA) is 103 Å². The van der Waals surface area contributed by atoms with Gasteiger partial charge in [-0.2, -0.15) is 0 Å². The molecule has 11 heteroatoms. The number of nitrogens with zero attached hydrogens (tertiary/aromatic N) is 4. The predicted octanol–water partition coefficient (Wildman–Crippen LogP) is 5.08. The van der Waals surface area contributed by atoms with E-state index in [0.717, 1.165) is 11.8 Å². The van der Waals surface area contributed by atoms with Crippen LogP contribution >= 0.6 is 35.0 Å². The number of aromatic nitrogens is 3. The Kier molecular flexibility index (Phi) is 7.09. The third-order valence-corrected chi connectivity index (χ3v) is 5.42. The van der Waals surface area contributed by atoms with E-state index in [1.165, 1.54) is 18.2 Å². The van der Waals surface area contributed by atoms with Crippen LogP contribution in [0.2, 0.25) is 10.0 Å². The second kappa shape index (κ2) is 9.75. The van der Waals surface area contributed by atoms with Crippen LogP contribution in [-0.2, 0) is 11.3 Å². The number of nitro benzene ring substituents is 1. The molecule has 1 aromatic heterocycles. The molecule has 0 saturated heterocycles. The molecule has 0 atom stereocenters. The predicted molar refractivity (Wildman–Crippen MR) is 118 cm³/mol. The van der Waals surface area contributed by atoms with Gasteiger partial charge in [-0.15, -0.1) is 16.8 Å². The van der Waals surface area contributed by atoms with E-state index in [4.69, 9.17) is 23.2 Å². The first-order valence-corrected chi connectivity index (χ1v) is 10.3. The fourth-order valence-corrected chi connectivity index (χ4v) is 3.85. The molecular weight excluding hydrogens is 449 g/mol. The minimum Gasteiger partial charge on any atom is -0.320 e. The van der Waals surface area contributed by atoms with Gasteiger partial charge in [0.15, 0.2) is 11.0 Å². The van der Waals surface area contributed by atoms with Gasteiger partial charge in [0.05, 0.1) is 15.7 Å². The van der Waals surface area contributed by atoms with Crippen LogP contribution in [0.1, 0.15) is 0 Å². The van der Waals surface area contributed by atoms with Crippen LogP contribution in [0, 0.1) is 10.1 Å². The van der Waals surface area contributed by atoms with E-state index in [9.17, 15) is 14.9 Å². The number of benzene rings is 2. The Bertz CT molecular complexity index is 1120. The number of hydrogen-bond acceptors (Lipinski definition) is 6. The van der Waals surface area contributed by atoms with E-state index >= 15 is 0 Å². The lowest BCUT2D eigenvalue weighted by Gasteiger charge is -2.09. The zero-order valence-electron chi connectivity index (χ0n) is 15.4. The van der Waals surface area contributed by atoms with Gasteiger partial charge in [-0.25, -0.2) is 0 Å². The molecule has 8 nitrogen and oxygen atoms in total. The van der Waals surface area contributed by atoms with Gasteiger partial charge in [0.2, 0.25) is 5.91 Å². The van der Waals surface area contributed by atoms with Gasteiger partial charge in [0.1, 0.15) is 5.69 Å². The molecule has 3 rings (SSSR count). The number of hydrogen-bond donors (Lipinski definition) is 1. The number of amides is 1. The number of nitrogens with one attached hydrogen (secondary N) is 1. The van der Waals surface area contributed by atoms with Crippen LogP contribution in [-0.4, -0.2) is 31.3 Å². The van der Waals surface area contributed by atoms with Gasteiger partial charge in [-0.05, 0) is 24.3 Å². The van der Waals surface area contributed by atoms with Gasteiger partial charge in [0, 0.05) is 23.2 Å². The summed E-state index contributed by atoms with van der Waals surface area (Å²) in [5.74, 6) is 0.0852. The Labute approximate surface area is 186 Å². The van der Waals surface area contributed by atoms with Crippen molar-refractivity contribution in [3.05, 3.63) is 75.3 Å². The lowest BCUT2D eigenvalue weighted by Crippen LogP contribution is -2.15. The minimum atomic E-state index is -0.550. The quantitative estimate of drug-likeness (QED) is 0.216. The first-order valence-electron chi connectivity index (χ1n) is 8.56. The number of halogens is 2. The Balaban J connectivity index is 1.77. The highest BCUT2D eigenvalue weighted by Crippen LogP contribution is 2.31. The highest BCUT2D eigenvalue weighted by Gasteiger charge is 2.19. The average molecular weight is 464 g/mol. The van der Waals surface area contributed by atoms with Crippen molar-refractivity contribution in [2.75, 3.05) is 11.1 Å². The molecule has 30 heavy (non-hydrogen) atoms. The number of rotatable bonds is 8. The van der Waals surface area contributed by atoms with Crippen molar-refractivity contribution < 1.29 is 9.72 Å². The van der Waals surface area contributed by atoms with Crippen molar-refractivity contribution in [3.8, 4) is 11.4 Å².